The lowest BCUT2D eigenvalue weighted by Gasteiger charge is -2.42. The first-order valence-electron chi connectivity index (χ1n) is 7.76. The first-order valence-corrected chi connectivity index (χ1v) is 7.76. The maximum Gasteiger partial charge on any atom is 0.246 e. The van der Waals surface area contributed by atoms with Gasteiger partial charge in [-0.3, -0.25) is 9.59 Å². The first-order chi connectivity index (χ1) is 9.13. The van der Waals surface area contributed by atoms with Gasteiger partial charge in [0.25, 0.3) is 0 Å². The second kappa shape index (κ2) is 4.80. The highest BCUT2D eigenvalue weighted by Crippen LogP contribution is 2.48. The Morgan fingerprint density at radius 1 is 1.21 bits per heavy atom. The molecule has 0 bridgehead atoms. The van der Waals surface area contributed by atoms with Crippen LogP contribution in [0.4, 0.5) is 0 Å². The number of nitrogens with zero attached hydrogens (tertiary/aromatic N) is 1. The number of amides is 2. The third-order valence-electron chi connectivity index (χ3n) is 4.77. The molecule has 1 heterocycles. The van der Waals surface area contributed by atoms with E-state index in [1.165, 1.54) is 25.7 Å². The highest BCUT2D eigenvalue weighted by Gasteiger charge is 2.51. The molecule has 3 rings (SSSR count). The summed E-state index contributed by atoms with van der Waals surface area (Å²) >= 11 is 0. The van der Waals surface area contributed by atoms with Gasteiger partial charge in [-0.05, 0) is 50.9 Å². The molecule has 2 unspecified atom stereocenters. The molecule has 4 nitrogen and oxygen atoms in total. The SMILES string of the molecule is CCCC1NC(=O)C(C)N(C(C2CC2)C2CC2)C1=O. The molecule has 2 atom stereocenters. The summed E-state index contributed by atoms with van der Waals surface area (Å²) in [6.07, 6.45) is 6.62. The fraction of sp³-hybridized carbons (Fsp3) is 0.867. The first kappa shape index (κ1) is 12.9. The number of carbonyl (C=O) groups excluding carboxylic acids is 2. The van der Waals surface area contributed by atoms with E-state index in [0.29, 0.717) is 17.9 Å². The van der Waals surface area contributed by atoms with Crippen molar-refractivity contribution < 1.29 is 9.59 Å². The summed E-state index contributed by atoms with van der Waals surface area (Å²) in [5.41, 5.74) is 0. The third kappa shape index (κ3) is 2.37. The second-order valence-electron chi connectivity index (χ2n) is 6.44. The maximum atomic E-state index is 12.7. The summed E-state index contributed by atoms with van der Waals surface area (Å²) in [6.45, 7) is 3.94. The Balaban J connectivity index is 1.82. The zero-order chi connectivity index (χ0) is 13.6. The van der Waals surface area contributed by atoms with Crippen molar-refractivity contribution in [3.63, 3.8) is 0 Å². The van der Waals surface area contributed by atoms with Crippen LogP contribution in [0.1, 0.15) is 52.4 Å². The number of nitrogens with one attached hydrogen (secondary N) is 1. The van der Waals surface area contributed by atoms with E-state index < -0.39 is 0 Å². The third-order valence-corrected chi connectivity index (χ3v) is 4.77. The molecule has 106 valence electrons. The van der Waals surface area contributed by atoms with E-state index in [-0.39, 0.29) is 23.9 Å². The van der Waals surface area contributed by atoms with Gasteiger partial charge in [0.2, 0.25) is 11.8 Å². The van der Waals surface area contributed by atoms with Crippen molar-refractivity contribution in [3.8, 4) is 0 Å². The molecule has 0 aromatic carbocycles. The molecule has 1 aliphatic heterocycles. The number of carbonyl (C=O) groups is 2. The van der Waals surface area contributed by atoms with Gasteiger partial charge in [0.05, 0.1) is 0 Å². The molecule has 1 saturated heterocycles. The summed E-state index contributed by atoms with van der Waals surface area (Å²) in [7, 11) is 0. The molecule has 0 spiro atoms. The van der Waals surface area contributed by atoms with Gasteiger partial charge < -0.3 is 10.2 Å². The van der Waals surface area contributed by atoms with Crippen molar-refractivity contribution in [2.45, 2.75) is 70.5 Å². The van der Waals surface area contributed by atoms with E-state index in [2.05, 4.69) is 12.2 Å². The predicted molar refractivity (Wildman–Crippen MR) is 72.4 cm³/mol. The van der Waals surface area contributed by atoms with Crippen LogP contribution in [0.2, 0.25) is 0 Å². The van der Waals surface area contributed by atoms with Crippen LogP contribution in [0.25, 0.3) is 0 Å². The van der Waals surface area contributed by atoms with Crippen LogP contribution < -0.4 is 5.32 Å². The van der Waals surface area contributed by atoms with Crippen LogP contribution in [-0.4, -0.2) is 34.8 Å². The zero-order valence-electron chi connectivity index (χ0n) is 11.9. The van der Waals surface area contributed by atoms with Crippen molar-refractivity contribution in [2.75, 3.05) is 0 Å². The topological polar surface area (TPSA) is 49.4 Å². The smallest absolute Gasteiger partial charge is 0.246 e. The summed E-state index contributed by atoms with van der Waals surface area (Å²) in [4.78, 5) is 26.8. The molecule has 1 N–H and O–H groups in total. The van der Waals surface area contributed by atoms with Crippen molar-refractivity contribution in [1.29, 1.82) is 0 Å². The molecule has 0 aromatic heterocycles. The lowest BCUT2D eigenvalue weighted by atomic mass is 9.97. The normalized spacial score (nSPS) is 31.8. The van der Waals surface area contributed by atoms with Crippen LogP contribution in [-0.2, 0) is 9.59 Å². The van der Waals surface area contributed by atoms with Gasteiger partial charge in [0.1, 0.15) is 12.1 Å². The summed E-state index contributed by atoms with van der Waals surface area (Å²) < 4.78 is 0. The summed E-state index contributed by atoms with van der Waals surface area (Å²) in [5.74, 6) is 1.52. The minimum Gasteiger partial charge on any atom is -0.343 e. The molecule has 19 heavy (non-hydrogen) atoms. The van der Waals surface area contributed by atoms with Crippen molar-refractivity contribution in [2.24, 2.45) is 11.8 Å². The zero-order valence-corrected chi connectivity index (χ0v) is 11.9. The average Bonchev–Trinajstić information content (AvgIpc) is 3.25. The highest BCUT2D eigenvalue weighted by atomic mass is 16.2. The molecule has 2 amide bonds. The molecule has 3 fully saturated rings. The predicted octanol–water partition coefficient (Wildman–Crippen LogP) is 1.69. The van der Waals surface area contributed by atoms with Gasteiger partial charge in [0, 0.05) is 6.04 Å². The van der Waals surface area contributed by atoms with Gasteiger partial charge >= 0.3 is 0 Å². The summed E-state index contributed by atoms with van der Waals surface area (Å²) in [5, 5.41) is 2.89. The standard InChI is InChI=1S/C15H24N2O2/c1-3-4-12-15(19)17(9(2)14(18)16-12)13(10-5-6-10)11-7-8-11/h9-13H,3-8H2,1-2H3,(H,16,18). The molecule has 0 aromatic rings. The van der Waals surface area contributed by atoms with Crippen LogP contribution in [0.5, 0.6) is 0 Å². The van der Waals surface area contributed by atoms with Gasteiger partial charge in [-0.1, -0.05) is 13.3 Å². The maximum absolute atomic E-state index is 12.7. The minimum atomic E-state index is -0.285. The molecule has 2 saturated carbocycles. The minimum absolute atomic E-state index is 0.0318. The van der Waals surface area contributed by atoms with Crippen LogP contribution >= 0.6 is 0 Å². The Kier molecular flexibility index (Phi) is 3.27. The van der Waals surface area contributed by atoms with Crippen molar-refractivity contribution in [1.82, 2.24) is 10.2 Å². The van der Waals surface area contributed by atoms with Gasteiger partial charge in [0.15, 0.2) is 0 Å². The van der Waals surface area contributed by atoms with E-state index >= 15 is 0 Å². The number of hydrogen-bond acceptors (Lipinski definition) is 2. The Hall–Kier alpha value is -1.06. The molecular weight excluding hydrogens is 240 g/mol. The van der Waals surface area contributed by atoms with Crippen molar-refractivity contribution in [3.05, 3.63) is 0 Å². The largest absolute Gasteiger partial charge is 0.343 e. The van der Waals surface area contributed by atoms with E-state index in [1.54, 1.807) is 0 Å². The van der Waals surface area contributed by atoms with E-state index in [0.717, 1.165) is 12.8 Å². The Morgan fingerprint density at radius 2 is 1.79 bits per heavy atom. The second-order valence-corrected chi connectivity index (χ2v) is 6.44. The fourth-order valence-electron chi connectivity index (χ4n) is 3.46. The van der Waals surface area contributed by atoms with E-state index in [4.69, 9.17) is 0 Å². The van der Waals surface area contributed by atoms with Gasteiger partial charge in [-0.15, -0.1) is 0 Å². The highest BCUT2D eigenvalue weighted by molar-refractivity contribution is 5.97. The van der Waals surface area contributed by atoms with Crippen LogP contribution in [0.3, 0.4) is 0 Å². The quantitative estimate of drug-likeness (QED) is 0.821. The fourth-order valence-corrected chi connectivity index (χ4v) is 3.46. The van der Waals surface area contributed by atoms with E-state index in [9.17, 15) is 9.59 Å². The number of rotatable bonds is 5. The average molecular weight is 264 g/mol. The van der Waals surface area contributed by atoms with Crippen LogP contribution in [0.15, 0.2) is 0 Å². The molecule has 4 heteroatoms. The van der Waals surface area contributed by atoms with Gasteiger partial charge in [-0.25, -0.2) is 0 Å². The lowest BCUT2D eigenvalue weighted by Crippen LogP contribution is -2.65. The lowest BCUT2D eigenvalue weighted by molar-refractivity contribution is -0.152. The van der Waals surface area contributed by atoms with Crippen LogP contribution in [0, 0.1) is 11.8 Å². The monoisotopic (exact) mass is 264 g/mol. The van der Waals surface area contributed by atoms with Gasteiger partial charge in [-0.2, -0.15) is 0 Å². The Morgan fingerprint density at radius 3 is 2.26 bits per heavy atom. The molecule has 0 radical (unpaired) electrons. The Bertz CT molecular complexity index is 376. The number of hydrogen-bond donors (Lipinski definition) is 1. The molecular formula is C15H24N2O2. The molecule has 3 aliphatic rings. The Labute approximate surface area is 114 Å². The molecule has 2 aliphatic carbocycles. The van der Waals surface area contributed by atoms with E-state index in [1.807, 2.05) is 11.8 Å². The number of piperazine rings is 1. The van der Waals surface area contributed by atoms with Crippen molar-refractivity contribution >= 4 is 11.8 Å². The summed E-state index contributed by atoms with van der Waals surface area (Å²) in [6, 6.07) is -0.228.